The minimum atomic E-state index is 0.326. The first-order valence-corrected chi connectivity index (χ1v) is 8.20. The second-order valence-electron chi connectivity index (χ2n) is 5.22. The molecule has 114 valence electrons. The highest BCUT2D eigenvalue weighted by atomic mass is 79.9. The van der Waals surface area contributed by atoms with Crippen LogP contribution in [-0.4, -0.2) is 26.1 Å². The maximum atomic E-state index is 4.69. The van der Waals surface area contributed by atoms with Crippen LogP contribution in [0.1, 0.15) is 45.9 Å². The summed E-state index contributed by atoms with van der Waals surface area (Å²) >= 11 is 3.61. The van der Waals surface area contributed by atoms with Crippen molar-refractivity contribution in [3.8, 4) is 11.5 Å². The van der Waals surface area contributed by atoms with Gasteiger partial charge in [0.2, 0.25) is 0 Å². The lowest BCUT2D eigenvalue weighted by Crippen LogP contribution is -2.09. The molecule has 0 atom stereocenters. The fourth-order valence-electron chi connectivity index (χ4n) is 2.09. The second kappa shape index (κ2) is 7.02. The summed E-state index contributed by atoms with van der Waals surface area (Å²) in [4.78, 5) is 13.6. The molecule has 0 amide bonds. The first kappa shape index (κ1) is 15.9. The highest BCUT2D eigenvalue weighted by molar-refractivity contribution is 9.10. The Labute approximate surface area is 134 Å². The second-order valence-corrected chi connectivity index (χ2v) is 6.01. The molecule has 0 saturated heterocycles. The third-order valence-corrected chi connectivity index (χ3v) is 4.08. The summed E-state index contributed by atoms with van der Waals surface area (Å²) in [5.41, 5.74) is 1.96. The number of nitrogens with one attached hydrogen (secondary N) is 1. The van der Waals surface area contributed by atoms with E-state index in [2.05, 4.69) is 68.5 Å². The minimum Gasteiger partial charge on any atom is -0.369 e. The zero-order valence-corrected chi connectivity index (χ0v) is 14.6. The van der Waals surface area contributed by atoms with Crippen LogP contribution in [0.2, 0.25) is 0 Å². The van der Waals surface area contributed by atoms with Crippen molar-refractivity contribution in [3.05, 3.63) is 22.7 Å². The van der Waals surface area contributed by atoms with Gasteiger partial charge in [-0.1, -0.05) is 13.8 Å². The van der Waals surface area contributed by atoms with Gasteiger partial charge in [-0.2, -0.15) is 0 Å². The zero-order chi connectivity index (χ0) is 15.4. The Hall–Kier alpha value is -1.43. The summed E-state index contributed by atoms with van der Waals surface area (Å²) in [6, 6.07) is 0.326. The van der Waals surface area contributed by atoms with Gasteiger partial charge in [-0.05, 0) is 42.6 Å². The predicted octanol–water partition coefficient (Wildman–Crippen LogP) is 4.07. The molecule has 2 heterocycles. The summed E-state index contributed by atoms with van der Waals surface area (Å²) in [6.07, 6.45) is 5.56. The van der Waals surface area contributed by atoms with Crippen LogP contribution in [-0.2, 0) is 6.42 Å². The van der Waals surface area contributed by atoms with Crippen LogP contribution in [0.15, 0.2) is 17.0 Å². The highest BCUT2D eigenvalue weighted by Gasteiger charge is 2.16. The quantitative estimate of drug-likeness (QED) is 0.852. The van der Waals surface area contributed by atoms with Gasteiger partial charge in [0.25, 0.3) is 0 Å². The molecule has 2 aromatic heterocycles. The zero-order valence-electron chi connectivity index (χ0n) is 13.0. The van der Waals surface area contributed by atoms with E-state index in [1.807, 2.05) is 12.5 Å². The first-order valence-electron chi connectivity index (χ1n) is 7.40. The van der Waals surface area contributed by atoms with Gasteiger partial charge in [-0.15, -0.1) is 0 Å². The van der Waals surface area contributed by atoms with Crippen molar-refractivity contribution >= 4 is 21.7 Å². The molecule has 0 unspecified atom stereocenters. The number of imidazole rings is 1. The molecule has 0 aromatic carbocycles. The maximum absolute atomic E-state index is 4.69. The van der Waals surface area contributed by atoms with E-state index in [1.54, 1.807) is 0 Å². The fourth-order valence-corrected chi connectivity index (χ4v) is 2.69. The fraction of sp³-hybridized carbons (Fsp3) is 0.533. The molecule has 0 saturated carbocycles. The van der Waals surface area contributed by atoms with Crippen LogP contribution in [0.5, 0.6) is 0 Å². The first-order chi connectivity index (χ1) is 10.1. The molecule has 0 aliphatic rings. The normalized spacial score (nSPS) is 11.1. The van der Waals surface area contributed by atoms with E-state index in [0.717, 1.165) is 46.9 Å². The summed E-state index contributed by atoms with van der Waals surface area (Å²) in [5, 5.41) is 3.36. The van der Waals surface area contributed by atoms with Gasteiger partial charge in [0.05, 0.1) is 22.7 Å². The molecule has 0 fully saturated rings. The number of anilines is 1. The summed E-state index contributed by atoms with van der Waals surface area (Å²) < 4.78 is 3.05. The van der Waals surface area contributed by atoms with Crippen molar-refractivity contribution in [3.63, 3.8) is 0 Å². The average molecular weight is 352 g/mol. The van der Waals surface area contributed by atoms with Gasteiger partial charge in [0.15, 0.2) is 5.82 Å². The van der Waals surface area contributed by atoms with Crippen molar-refractivity contribution in [1.82, 2.24) is 19.5 Å². The maximum Gasteiger partial charge on any atom is 0.180 e. The number of halogens is 1. The topological polar surface area (TPSA) is 55.6 Å². The Kier molecular flexibility index (Phi) is 5.33. The lowest BCUT2D eigenvalue weighted by Gasteiger charge is -2.14. The molecule has 2 rings (SSSR count). The molecule has 0 radical (unpaired) electrons. The molecule has 1 N–H and O–H groups in total. The van der Waals surface area contributed by atoms with Crippen molar-refractivity contribution in [2.45, 2.75) is 46.6 Å². The van der Waals surface area contributed by atoms with Crippen LogP contribution < -0.4 is 5.32 Å². The van der Waals surface area contributed by atoms with Gasteiger partial charge in [-0.3, -0.25) is 0 Å². The standard InChI is InChI=1S/C15H22BrN5/c1-5-7-18-15-13(16)11(6-2)19-14(20-15)12-8-17-9-21(12)10(3)4/h8-10H,5-7H2,1-4H3,(H,18,19,20). The third-order valence-electron chi connectivity index (χ3n) is 3.25. The van der Waals surface area contributed by atoms with Crippen LogP contribution in [0.25, 0.3) is 11.5 Å². The molecule has 0 spiro atoms. The Morgan fingerprint density at radius 2 is 2.05 bits per heavy atom. The van der Waals surface area contributed by atoms with Crippen molar-refractivity contribution in [2.24, 2.45) is 0 Å². The van der Waals surface area contributed by atoms with E-state index in [-0.39, 0.29) is 0 Å². The predicted molar refractivity (Wildman–Crippen MR) is 89.5 cm³/mol. The van der Waals surface area contributed by atoms with Crippen LogP contribution in [0, 0.1) is 0 Å². The summed E-state index contributed by atoms with van der Waals surface area (Å²) in [5.74, 6) is 1.58. The lowest BCUT2D eigenvalue weighted by molar-refractivity contribution is 0.603. The van der Waals surface area contributed by atoms with E-state index in [9.17, 15) is 0 Å². The number of aryl methyl sites for hydroxylation is 1. The molecule has 0 aliphatic heterocycles. The molecular weight excluding hydrogens is 330 g/mol. The summed E-state index contributed by atoms with van der Waals surface area (Å²) in [6.45, 7) is 9.38. The van der Waals surface area contributed by atoms with Crippen molar-refractivity contribution < 1.29 is 0 Å². The smallest absolute Gasteiger partial charge is 0.180 e. The minimum absolute atomic E-state index is 0.326. The molecule has 0 aliphatic carbocycles. The van der Waals surface area contributed by atoms with Crippen molar-refractivity contribution in [2.75, 3.05) is 11.9 Å². The molecule has 21 heavy (non-hydrogen) atoms. The lowest BCUT2D eigenvalue weighted by atomic mass is 10.3. The van der Waals surface area contributed by atoms with E-state index in [1.165, 1.54) is 0 Å². The monoisotopic (exact) mass is 351 g/mol. The Bertz CT molecular complexity index is 606. The Morgan fingerprint density at radius 1 is 1.29 bits per heavy atom. The Balaban J connectivity index is 2.50. The van der Waals surface area contributed by atoms with Crippen LogP contribution in [0.3, 0.4) is 0 Å². The molecule has 6 heteroatoms. The van der Waals surface area contributed by atoms with E-state index >= 15 is 0 Å². The molecule has 2 aromatic rings. The summed E-state index contributed by atoms with van der Waals surface area (Å²) in [7, 11) is 0. The SMILES string of the molecule is CCCNc1nc(-c2cncn2C(C)C)nc(CC)c1Br. The number of hydrogen-bond donors (Lipinski definition) is 1. The number of nitrogens with zero attached hydrogens (tertiary/aromatic N) is 4. The average Bonchev–Trinajstić information content (AvgIpc) is 2.96. The molecule has 0 bridgehead atoms. The van der Waals surface area contributed by atoms with Crippen molar-refractivity contribution in [1.29, 1.82) is 0 Å². The van der Waals surface area contributed by atoms with Gasteiger partial charge >= 0.3 is 0 Å². The van der Waals surface area contributed by atoms with Gasteiger partial charge < -0.3 is 9.88 Å². The van der Waals surface area contributed by atoms with E-state index in [4.69, 9.17) is 0 Å². The van der Waals surface area contributed by atoms with Gasteiger partial charge in [-0.25, -0.2) is 15.0 Å². The molecule has 5 nitrogen and oxygen atoms in total. The largest absolute Gasteiger partial charge is 0.369 e. The van der Waals surface area contributed by atoms with E-state index < -0.39 is 0 Å². The number of hydrogen-bond acceptors (Lipinski definition) is 4. The Morgan fingerprint density at radius 3 is 2.67 bits per heavy atom. The number of rotatable bonds is 6. The molecular formula is C15H22BrN5. The van der Waals surface area contributed by atoms with Crippen LogP contribution in [0.4, 0.5) is 5.82 Å². The van der Waals surface area contributed by atoms with Gasteiger partial charge in [0, 0.05) is 12.6 Å². The third kappa shape index (κ3) is 3.43. The van der Waals surface area contributed by atoms with E-state index in [0.29, 0.717) is 6.04 Å². The van der Waals surface area contributed by atoms with Gasteiger partial charge in [0.1, 0.15) is 11.5 Å². The van der Waals surface area contributed by atoms with Crippen LogP contribution >= 0.6 is 15.9 Å². The highest BCUT2D eigenvalue weighted by Crippen LogP contribution is 2.28. The number of aromatic nitrogens is 4.